The quantitative estimate of drug-likeness (QED) is 0.672. The molecule has 1 atom stereocenters. The molecule has 33 heavy (non-hydrogen) atoms. The summed E-state index contributed by atoms with van der Waals surface area (Å²) in [6.07, 6.45) is 2.97. The van der Waals surface area contributed by atoms with E-state index in [9.17, 15) is 19.5 Å². The van der Waals surface area contributed by atoms with Gasteiger partial charge in [0.25, 0.3) is 0 Å². The van der Waals surface area contributed by atoms with E-state index >= 15 is 0 Å². The van der Waals surface area contributed by atoms with E-state index in [2.05, 4.69) is 29.6 Å². The van der Waals surface area contributed by atoms with Gasteiger partial charge in [0.15, 0.2) is 0 Å². The lowest BCUT2D eigenvalue weighted by molar-refractivity contribution is -0.159. The van der Waals surface area contributed by atoms with Crippen molar-refractivity contribution in [2.24, 2.45) is 5.41 Å². The zero-order valence-electron chi connectivity index (χ0n) is 18.5. The Bertz CT molecular complexity index is 1050. The molecule has 5 rings (SSSR count). The summed E-state index contributed by atoms with van der Waals surface area (Å²) >= 11 is 0. The molecule has 1 saturated carbocycles. The predicted molar refractivity (Wildman–Crippen MR) is 122 cm³/mol. The Hall–Kier alpha value is -3.35. The van der Waals surface area contributed by atoms with Gasteiger partial charge in [0.2, 0.25) is 5.91 Å². The summed E-state index contributed by atoms with van der Waals surface area (Å²) in [4.78, 5) is 37.8. The molecule has 2 amide bonds. The third-order valence-corrected chi connectivity index (χ3v) is 7.52. The largest absolute Gasteiger partial charge is 0.480 e. The third-order valence-electron chi connectivity index (χ3n) is 7.52. The Morgan fingerprint density at radius 2 is 1.67 bits per heavy atom. The van der Waals surface area contributed by atoms with Crippen molar-refractivity contribution in [3.63, 3.8) is 0 Å². The molecule has 2 aliphatic carbocycles. The van der Waals surface area contributed by atoms with Gasteiger partial charge in [-0.05, 0) is 46.9 Å². The van der Waals surface area contributed by atoms with Crippen molar-refractivity contribution in [2.75, 3.05) is 19.7 Å². The maximum atomic E-state index is 12.6. The standard InChI is InChI=1S/C26H28N2O5/c29-23(28-13-10-22(28)24(30)31)14-26(11-5-12-26)16-27-25(32)33-15-21-19-8-3-1-6-17(19)18-7-2-4-9-20(18)21/h1-4,6-9,21-22H,5,10-16H2,(H,27,32)(H,30,31). The van der Waals surface area contributed by atoms with Crippen molar-refractivity contribution in [1.82, 2.24) is 10.2 Å². The van der Waals surface area contributed by atoms with Gasteiger partial charge in [-0.15, -0.1) is 0 Å². The molecule has 0 aromatic heterocycles. The molecule has 1 saturated heterocycles. The number of ether oxygens (including phenoxy) is 1. The van der Waals surface area contributed by atoms with Crippen LogP contribution in [0.4, 0.5) is 4.79 Å². The first-order valence-electron chi connectivity index (χ1n) is 11.6. The summed E-state index contributed by atoms with van der Waals surface area (Å²) in [5.41, 5.74) is 4.38. The van der Waals surface area contributed by atoms with E-state index in [1.807, 2.05) is 24.3 Å². The molecule has 0 radical (unpaired) electrons. The molecule has 7 heteroatoms. The van der Waals surface area contributed by atoms with Gasteiger partial charge in [-0.25, -0.2) is 9.59 Å². The van der Waals surface area contributed by atoms with E-state index in [1.165, 1.54) is 16.0 Å². The Balaban J connectivity index is 1.17. The zero-order valence-corrected chi connectivity index (χ0v) is 18.5. The number of aliphatic carboxylic acids is 1. The Morgan fingerprint density at radius 3 is 2.18 bits per heavy atom. The highest BCUT2D eigenvalue weighted by Gasteiger charge is 2.44. The molecule has 2 aromatic rings. The normalized spacial score (nSPS) is 20.1. The van der Waals surface area contributed by atoms with Gasteiger partial charge in [0.05, 0.1) is 0 Å². The van der Waals surface area contributed by atoms with Gasteiger partial charge >= 0.3 is 12.1 Å². The number of hydrogen-bond acceptors (Lipinski definition) is 4. The molecule has 1 aliphatic heterocycles. The van der Waals surface area contributed by atoms with Crippen LogP contribution in [0.3, 0.4) is 0 Å². The van der Waals surface area contributed by atoms with E-state index in [0.717, 1.165) is 30.4 Å². The Kier molecular flexibility index (Phi) is 5.56. The molecule has 172 valence electrons. The highest BCUT2D eigenvalue weighted by atomic mass is 16.5. The van der Waals surface area contributed by atoms with Crippen LogP contribution in [0.15, 0.2) is 48.5 Å². The van der Waals surface area contributed by atoms with E-state index in [4.69, 9.17) is 4.74 Å². The summed E-state index contributed by atoms with van der Waals surface area (Å²) in [7, 11) is 0. The first-order valence-corrected chi connectivity index (χ1v) is 11.6. The van der Waals surface area contributed by atoms with Crippen molar-refractivity contribution < 1.29 is 24.2 Å². The molecule has 1 unspecified atom stereocenters. The summed E-state index contributed by atoms with van der Waals surface area (Å²) in [6.45, 7) is 1.10. The fourth-order valence-electron chi connectivity index (χ4n) is 5.37. The van der Waals surface area contributed by atoms with Gasteiger partial charge in [-0.2, -0.15) is 0 Å². The van der Waals surface area contributed by atoms with Gasteiger partial charge in [0.1, 0.15) is 12.6 Å². The van der Waals surface area contributed by atoms with Crippen molar-refractivity contribution in [3.05, 3.63) is 59.7 Å². The SMILES string of the molecule is O=C(NCC1(CC(=O)N2CCC2C(=O)O)CCC1)OCC1c2ccccc2-c2ccccc21. The molecule has 1 heterocycles. The van der Waals surface area contributed by atoms with Gasteiger partial charge in [0, 0.05) is 25.4 Å². The maximum Gasteiger partial charge on any atom is 0.407 e. The lowest BCUT2D eigenvalue weighted by atomic mass is 9.66. The van der Waals surface area contributed by atoms with Crippen LogP contribution in [0.2, 0.25) is 0 Å². The first-order chi connectivity index (χ1) is 16.0. The Labute approximate surface area is 192 Å². The highest BCUT2D eigenvalue weighted by molar-refractivity contribution is 5.86. The van der Waals surface area contributed by atoms with Gasteiger partial charge < -0.3 is 20.1 Å². The maximum absolute atomic E-state index is 12.6. The number of carboxylic acid groups (broad SMARTS) is 1. The predicted octanol–water partition coefficient (Wildman–Crippen LogP) is 3.77. The van der Waals surface area contributed by atoms with Crippen LogP contribution in [0, 0.1) is 5.41 Å². The molecular weight excluding hydrogens is 420 g/mol. The van der Waals surface area contributed by atoms with E-state index in [-0.39, 0.29) is 30.3 Å². The highest BCUT2D eigenvalue weighted by Crippen LogP contribution is 2.45. The fraction of sp³-hybridized carbons (Fsp3) is 0.423. The van der Waals surface area contributed by atoms with E-state index in [0.29, 0.717) is 19.5 Å². The number of benzene rings is 2. The molecular formula is C26H28N2O5. The minimum absolute atomic E-state index is 0.00163. The summed E-state index contributed by atoms with van der Waals surface area (Å²) < 4.78 is 5.61. The second-order valence-corrected chi connectivity index (χ2v) is 9.44. The number of nitrogens with zero attached hydrogens (tertiary/aromatic N) is 1. The second kappa shape index (κ2) is 8.54. The third kappa shape index (κ3) is 3.96. The fourth-order valence-corrected chi connectivity index (χ4v) is 5.37. The molecule has 3 aliphatic rings. The zero-order chi connectivity index (χ0) is 23.0. The topological polar surface area (TPSA) is 95.9 Å². The summed E-state index contributed by atoms with van der Waals surface area (Å²) in [5, 5.41) is 12.1. The van der Waals surface area contributed by atoms with Crippen LogP contribution < -0.4 is 5.32 Å². The number of carboxylic acids is 1. The number of hydrogen-bond donors (Lipinski definition) is 2. The second-order valence-electron chi connectivity index (χ2n) is 9.44. The van der Waals surface area contributed by atoms with Crippen LogP contribution in [0.5, 0.6) is 0 Å². The number of nitrogens with one attached hydrogen (secondary N) is 1. The van der Waals surface area contributed by atoms with Crippen molar-refractivity contribution in [1.29, 1.82) is 0 Å². The van der Waals surface area contributed by atoms with Crippen LogP contribution in [-0.2, 0) is 14.3 Å². The first kappa shape index (κ1) is 21.5. The molecule has 0 bridgehead atoms. The lowest BCUT2D eigenvalue weighted by Crippen LogP contribution is -2.57. The van der Waals surface area contributed by atoms with Crippen molar-refractivity contribution >= 4 is 18.0 Å². The smallest absolute Gasteiger partial charge is 0.407 e. The number of rotatable bonds is 7. The van der Waals surface area contributed by atoms with Crippen LogP contribution in [-0.4, -0.2) is 53.7 Å². The summed E-state index contributed by atoms with van der Waals surface area (Å²) in [6, 6.07) is 15.7. The van der Waals surface area contributed by atoms with Gasteiger partial charge in [-0.3, -0.25) is 4.79 Å². The molecule has 0 spiro atoms. The van der Waals surface area contributed by atoms with Crippen molar-refractivity contribution in [2.45, 2.75) is 44.1 Å². The number of carbonyl (C=O) groups is 3. The number of amides is 2. The monoisotopic (exact) mass is 448 g/mol. The van der Waals surface area contributed by atoms with Crippen molar-refractivity contribution in [3.8, 4) is 11.1 Å². The van der Waals surface area contributed by atoms with Crippen LogP contribution in [0.1, 0.15) is 49.1 Å². The van der Waals surface area contributed by atoms with E-state index in [1.54, 1.807) is 0 Å². The van der Waals surface area contributed by atoms with Gasteiger partial charge in [-0.1, -0.05) is 55.0 Å². The molecule has 2 fully saturated rings. The van der Waals surface area contributed by atoms with E-state index < -0.39 is 18.1 Å². The minimum Gasteiger partial charge on any atom is -0.480 e. The number of fused-ring (bicyclic) bond motifs is 3. The summed E-state index contributed by atoms with van der Waals surface area (Å²) in [5.74, 6) is -1.08. The number of likely N-dealkylation sites (tertiary alicyclic amines) is 1. The molecule has 2 N–H and O–H groups in total. The lowest BCUT2D eigenvalue weighted by Gasteiger charge is -2.45. The molecule has 2 aromatic carbocycles. The molecule has 7 nitrogen and oxygen atoms in total. The van der Waals surface area contributed by atoms with Crippen LogP contribution in [0.25, 0.3) is 11.1 Å². The number of alkyl carbamates (subject to hydrolysis) is 1. The minimum atomic E-state index is -0.950. The Morgan fingerprint density at radius 1 is 1.03 bits per heavy atom. The number of carbonyl (C=O) groups excluding carboxylic acids is 2. The average molecular weight is 449 g/mol. The van der Waals surface area contributed by atoms with Crippen LogP contribution >= 0.6 is 0 Å². The average Bonchev–Trinajstić information content (AvgIpc) is 3.06.